The van der Waals surface area contributed by atoms with E-state index in [1.807, 2.05) is 0 Å². The molecule has 0 amide bonds. The minimum Gasteiger partial charge on any atom is -0.382 e. The molecule has 0 spiro atoms. The standard InChI is InChI=1S/C14H18BrF2N/c15-11-7-13(17)14(8-12(11)16)18-9-10-5-3-1-2-4-6-10/h7-8,10,18H,1-6,9H2. The van der Waals surface area contributed by atoms with Crippen molar-refractivity contribution in [3.05, 3.63) is 28.2 Å². The average molecular weight is 318 g/mol. The zero-order valence-corrected chi connectivity index (χ0v) is 11.9. The van der Waals surface area contributed by atoms with Crippen LogP contribution >= 0.6 is 15.9 Å². The van der Waals surface area contributed by atoms with Crippen molar-refractivity contribution >= 4 is 21.6 Å². The smallest absolute Gasteiger partial charge is 0.147 e. The van der Waals surface area contributed by atoms with Gasteiger partial charge in [0, 0.05) is 12.6 Å². The van der Waals surface area contributed by atoms with Gasteiger partial charge in [0.05, 0.1) is 10.2 Å². The number of benzene rings is 1. The molecule has 0 radical (unpaired) electrons. The Bertz CT molecular complexity index is 401. The molecular formula is C14H18BrF2N. The van der Waals surface area contributed by atoms with Crippen molar-refractivity contribution in [2.24, 2.45) is 5.92 Å². The Balaban J connectivity index is 1.94. The fourth-order valence-electron chi connectivity index (χ4n) is 2.48. The fraction of sp³-hybridized carbons (Fsp3) is 0.571. The van der Waals surface area contributed by atoms with Gasteiger partial charge in [-0.3, -0.25) is 0 Å². The van der Waals surface area contributed by atoms with E-state index in [0.29, 0.717) is 5.92 Å². The van der Waals surface area contributed by atoms with Crippen LogP contribution in [-0.2, 0) is 0 Å². The van der Waals surface area contributed by atoms with E-state index in [0.717, 1.165) is 6.54 Å². The number of hydrogen-bond donors (Lipinski definition) is 1. The normalized spacial score (nSPS) is 17.5. The van der Waals surface area contributed by atoms with Crippen LogP contribution < -0.4 is 5.32 Å². The molecule has 100 valence electrons. The molecule has 4 heteroatoms. The first kappa shape index (κ1) is 13.8. The third kappa shape index (κ3) is 3.67. The molecule has 1 aromatic carbocycles. The van der Waals surface area contributed by atoms with Gasteiger partial charge in [-0.2, -0.15) is 0 Å². The zero-order valence-electron chi connectivity index (χ0n) is 10.3. The van der Waals surface area contributed by atoms with Gasteiger partial charge in [-0.1, -0.05) is 25.7 Å². The van der Waals surface area contributed by atoms with Crippen molar-refractivity contribution < 1.29 is 8.78 Å². The predicted octanol–water partition coefficient (Wildman–Crippen LogP) is 5.11. The second-order valence-electron chi connectivity index (χ2n) is 4.98. The monoisotopic (exact) mass is 317 g/mol. The summed E-state index contributed by atoms with van der Waals surface area (Å²) in [5.41, 5.74) is 0.264. The second kappa shape index (κ2) is 6.50. The Morgan fingerprint density at radius 2 is 1.72 bits per heavy atom. The molecule has 1 fully saturated rings. The summed E-state index contributed by atoms with van der Waals surface area (Å²) in [5, 5.41) is 3.04. The molecule has 1 N–H and O–H groups in total. The third-order valence-electron chi connectivity index (χ3n) is 3.57. The highest BCUT2D eigenvalue weighted by Gasteiger charge is 2.13. The van der Waals surface area contributed by atoms with E-state index in [-0.39, 0.29) is 10.2 Å². The molecule has 0 bridgehead atoms. The molecule has 0 saturated heterocycles. The molecule has 1 aromatic rings. The fourth-order valence-corrected chi connectivity index (χ4v) is 2.80. The van der Waals surface area contributed by atoms with E-state index in [9.17, 15) is 8.78 Å². The molecule has 0 aromatic heterocycles. The lowest BCUT2D eigenvalue weighted by molar-refractivity contribution is 0.481. The van der Waals surface area contributed by atoms with Crippen molar-refractivity contribution in [2.45, 2.75) is 38.5 Å². The van der Waals surface area contributed by atoms with Gasteiger partial charge in [-0.05, 0) is 40.8 Å². The maximum absolute atomic E-state index is 13.6. The molecule has 0 atom stereocenters. The molecule has 0 unspecified atom stereocenters. The zero-order chi connectivity index (χ0) is 13.0. The lowest BCUT2D eigenvalue weighted by Crippen LogP contribution is -2.14. The van der Waals surface area contributed by atoms with Gasteiger partial charge in [-0.25, -0.2) is 8.78 Å². The molecule has 2 rings (SSSR count). The van der Waals surface area contributed by atoms with Gasteiger partial charge in [0.25, 0.3) is 0 Å². The van der Waals surface area contributed by atoms with E-state index in [2.05, 4.69) is 21.2 Å². The van der Waals surface area contributed by atoms with Gasteiger partial charge < -0.3 is 5.32 Å². The Morgan fingerprint density at radius 1 is 1.06 bits per heavy atom. The maximum atomic E-state index is 13.6. The number of rotatable bonds is 3. The molecule has 1 nitrogen and oxygen atoms in total. The van der Waals surface area contributed by atoms with Crippen LogP contribution in [0.25, 0.3) is 0 Å². The first-order chi connectivity index (χ1) is 8.66. The Morgan fingerprint density at radius 3 is 2.39 bits per heavy atom. The number of halogens is 3. The summed E-state index contributed by atoms with van der Waals surface area (Å²) in [6, 6.07) is 2.39. The van der Waals surface area contributed by atoms with Crippen LogP contribution in [0.2, 0.25) is 0 Å². The molecule has 18 heavy (non-hydrogen) atoms. The number of anilines is 1. The van der Waals surface area contributed by atoms with E-state index in [1.165, 1.54) is 50.7 Å². The summed E-state index contributed by atoms with van der Waals surface area (Å²) in [5.74, 6) is -0.254. The van der Waals surface area contributed by atoms with Gasteiger partial charge in [0.15, 0.2) is 0 Å². The Kier molecular flexibility index (Phi) is 4.98. The minimum absolute atomic E-state index is 0.167. The van der Waals surface area contributed by atoms with E-state index in [4.69, 9.17) is 0 Å². The van der Waals surface area contributed by atoms with Crippen molar-refractivity contribution in [2.75, 3.05) is 11.9 Å². The predicted molar refractivity (Wildman–Crippen MR) is 73.7 cm³/mol. The summed E-state index contributed by atoms with van der Waals surface area (Å²) in [6.07, 6.45) is 7.49. The maximum Gasteiger partial charge on any atom is 0.147 e. The second-order valence-corrected chi connectivity index (χ2v) is 5.84. The average Bonchev–Trinajstić information content (AvgIpc) is 2.60. The SMILES string of the molecule is Fc1cc(NCC2CCCCCC2)c(F)cc1Br. The highest BCUT2D eigenvalue weighted by molar-refractivity contribution is 9.10. The van der Waals surface area contributed by atoms with Crippen LogP contribution in [0, 0.1) is 17.6 Å². The lowest BCUT2D eigenvalue weighted by atomic mass is 10.0. The quantitative estimate of drug-likeness (QED) is 0.603. The van der Waals surface area contributed by atoms with Gasteiger partial charge in [0.2, 0.25) is 0 Å². The van der Waals surface area contributed by atoms with Crippen molar-refractivity contribution in [1.82, 2.24) is 0 Å². The molecule has 1 aliphatic rings. The molecule has 0 aliphatic heterocycles. The number of nitrogens with one attached hydrogen (secondary N) is 1. The van der Waals surface area contributed by atoms with Gasteiger partial charge in [0.1, 0.15) is 11.6 Å². The van der Waals surface area contributed by atoms with Crippen molar-refractivity contribution in [3.8, 4) is 0 Å². The van der Waals surface area contributed by atoms with Crippen LogP contribution in [0.5, 0.6) is 0 Å². The van der Waals surface area contributed by atoms with Gasteiger partial charge in [-0.15, -0.1) is 0 Å². The highest BCUT2D eigenvalue weighted by Crippen LogP contribution is 2.26. The summed E-state index contributed by atoms with van der Waals surface area (Å²) in [7, 11) is 0. The summed E-state index contributed by atoms with van der Waals surface area (Å²) < 4.78 is 27.1. The summed E-state index contributed by atoms with van der Waals surface area (Å²) >= 11 is 2.98. The molecule has 1 aliphatic carbocycles. The van der Waals surface area contributed by atoms with E-state index < -0.39 is 11.6 Å². The first-order valence-corrected chi connectivity index (χ1v) is 7.34. The van der Waals surface area contributed by atoms with Crippen LogP contribution in [0.15, 0.2) is 16.6 Å². The molecular weight excluding hydrogens is 300 g/mol. The third-order valence-corrected chi connectivity index (χ3v) is 4.17. The Hall–Kier alpha value is -0.640. The van der Waals surface area contributed by atoms with Crippen LogP contribution in [-0.4, -0.2) is 6.54 Å². The summed E-state index contributed by atoms with van der Waals surface area (Å²) in [6.45, 7) is 0.734. The summed E-state index contributed by atoms with van der Waals surface area (Å²) in [4.78, 5) is 0. The van der Waals surface area contributed by atoms with Crippen LogP contribution in [0.1, 0.15) is 38.5 Å². The Labute approximate surface area is 115 Å². The van der Waals surface area contributed by atoms with E-state index >= 15 is 0 Å². The van der Waals surface area contributed by atoms with E-state index in [1.54, 1.807) is 0 Å². The van der Waals surface area contributed by atoms with Crippen LogP contribution in [0.3, 0.4) is 0 Å². The van der Waals surface area contributed by atoms with Crippen molar-refractivity contribution in [1.29, 1.82) is 0 Å². The van der Waals surface area contributed by atoms with Crippen LogP contribution in [0.4, 0.5) is 14.5 Å². The first-order valence-electron chi connectivity index (χ1n) is 6.55. The lowest BCUT2D eigenvalue weighted by Gasteiger charge is -2.16. The molecule has 0 heterocycles. The minimum atomic E-state index is -0.431. The van der Waals surface area contributed by atoms with Gasteiger partial charge >= 0.3 is 0 Å². The largest absolute Gasteiger partial charge is 0.382 e. The number of hydrogen-bond acceptors (Lipinski definition) is 1. The highest BCUT2D eigenvalue weighted by atomic mass is 79.9. The molecule has 1 saturated carbocycles. The van der Waals surface area contributed by atoms with Crippen molar-refractivity contribution in [3.63, 3.8) is 0 Å². The topological polar surface area (TPSA) is 12.0 Å².